The van der Waals surface area contributed by atoms with Crippen molar-refractivity contribution in [3.63, 3.8) is 0 Å². The molecule has 0 aliphatic carbocycles. The third-order valence-corrected chi connectivity index (χ3v) is 10.5. The first-order valence-corrected chi connectivity index (χ1v) is 16.3. The van der Waals surface area contributed by atoms with Gasteiger partial charge in [-0.05, 0) is 60.4 Å². The normalized spacial score (nSPS) is 20.8. The summed E-state index contributed by atoms with van der Waals surface area (Å²) in [6.07, 6.45) is 2.30. The summed E-state index contributed by atoms with van der Waals surface area (Å²) in [7, 11) is -6.93. The van der Waals surface area contributed by atoms with E-state index < -0.39 is 26.0 Å². The molecule has 2 N–H and O–H groups in total. The lowest BCUT2D eigenvalue weighted by Gasteiger charge is -2.38. The standard InChI is InChI=1S/C28H34N2O7S2/c1-38(32,33)26-8-4-7-25(16-26)36-20-24(31)18-29-23-17-28(37-19-23)11-13-30(14-12-28)39(34,35)27-10-9-21-5-2-3-6-22(21)15-27/h2-10,15-16,23-24,29,31H,11-14,17-20H2,1H3/t23-,24+/m0/s1. The number of nitrogens with zero attached hydrogens (tertiary/aromatic N) is 1. The van der Waals surface area contributed by atoms with Crippen LogP contribution in [-0.4, -0.2) is 83.1 Å². The van der Waals surface area contributed by atoms with E-state index in [0.29, 0.717) is 49.7 Å². The number of nitrogens with one attached hydrogen (secondary N) is 1. The summed E-state index contributed by atoms with van der Waals surface area (Å²) < 4.78 is 63.4. The number of benzene rings is 3. The zero-order valence-electron chi connectivity index (χ0n) is 21.8. The molecule has 0 bridgehead atoms. The Hall–Kier alpha value is -2.54. The van der Waals surface area contributed by atoms with Gasteiger partial charge < -0.3 is 19.9 Å². The van der Waals surface area contributed by atoms with Crippen LogP contribution in [0.25, 0.3) is 10.8 Å². The van der Waals surface area contributed by atoms with Gasteiger partial charge in [0, 0.05) is 31.9 Å². The van der Waals surface area contributed by atoms with Crippen LogP contribution in [0.1, 0.15) is 19.3 Å². The highest BCUT2D eigenvalue weighted by Crippen LogP contribution is 2.37. The van der Waals surface area contributed by atoms with Gasteiger partial charge in [0.1, 0.15) is 18.5 Å². The van der Waals surface area contributed by atoms with E-state index in [0.717, 1.165) is 23.4 Å². The number of piperidine rings is 1. The lowest BCUT2D eigenvalue weighted by atomic mass is 9.88. The first-order chi connectivity index (χ1) is 18.5. The van der Waals surface area contributed by atoms with Gasteiger partial charge in [-0.15, -0.1) is 0 Å². The SMILES string of the molecule is CS(=O)(=O)c1cccc(OC[C@H](O)CN[C@@H]2COC3(CCN(S(=O)(=O)c4ccc5ccccc5c4)CC3)C2)c1. The van der Waals surface area contributed by atoms with Gasteiger partial charge in [-0.2, -0.15) is 4.31 Å². The van der Waals surface area contributed by atoms with Gasteiger partial charge in [-0.1, -0.05) is 36.4 Å². The number of hydrogen-bond acceptors (Lipinski definition) is 8. The van der Waals surface area contributed by atoms with Crippen LogP contribution in [-0.2, 0) is 24.6 Å². The Labute approximate surface area is 229 Å². The number of ether oxygens (including phenoxy) is 2. The van der Waals surface area contributed by atoms with Crippen LogP contribution in [0.15, 0.2) is 76.5 Å². The molecule has 2 aliphatic heterocycles. The molecule has 1 spiro atoms. The molecule has 2 atom stereocenters. The van der Waals surface area contributed by atoms with Gasteiger partial charge >= 0.3 is 0 Å². The number of aliphatic hydroxyl groups excluding tert-OH is 1. The molecule has 0 unspecified atom stereocenters. The van der Waals surface area contributed by atoms with Gasteiger partial charge in [0.15, 0.2) is 9.84 Å². The molecule has 0 amide bonds. The predicted octanol–water partition coefficient (Wildman–Crippen LogP) is 2.59. The van der Waals surface area contributed by atoms with Crippen LogP contribution in [0.5, 0.6) is 5.75 Å². The Morgan fingerprint density at radius 3 is 2.49 bits per heavy atom. The number of rotatable bonds is 9. The predicted molar refractivity (Wildman–Crippen MR) is 148 cm³/mol. The van der Waals surface area contributed by atoms with E-state index in [9.17, 15) is 21.9 Å². The molecular weight excluding hydrogens is 540 g/mol. The maximum absolute atomic E-state index is 13.3. The van der Waals surface area contributed by atoms with Crippen LogP contribution < -0.4 is 10.1 Å². The van der Waals surface area contributed by atoms with E-state index in [2.05, 4.69) is 5.32 Å². The summed E-state index contributed by atoms with van der Waals surface area (Å²) in [5, 5.41) is 15.6. The largest absolute Gasteiger partial charge is 0.491 e. The Morgan fingerprint density at radius 2 is 1.74 bits per heavy atom. The highest BCUT2D eigenvalue weighted by Gasteiger charge is 2.44. The van der Waals surface area contributed by atoms with Crippen molar-refractivity contribution in [2.75, 3.05) is 39.1 Å². The molecule has 2 aliphatic rings. The fourth-order valence-electron chi connectivity index (χ4n) is 5.28. The number of sulfone groups is 1. The maximum atomic E-state index is 13.3. The smallest absolute Gasteiger partial charge is 0.243 e. The number of fused-ring (bicyclic) bond motifs is 1. The molecule has 5 rings (SSSR count). The van der Waals surface area contributed by atoms with Crippen molar-refractivity contribution >= 4 is 30.6 Å². The molecule has 0 radical (unpaired) electrons. The van der Waals surface area contributed by atoms with Crippen molar-refractivity contribution in [3.05, 3.63) is 66.7 Å². The van der Waals surface area contributed by atoms with Crippen molar-refractivity contribution in [2.24, 2.45) is 0 Å². The third-order valence-electron chi connectivity index (χ3n) is 7.52. The quantitative estimate of drug-likeness (QED) is 0.400. The molecule has 3 aromatic rings. The number of sulfonamides is 1. The van der Waals surface area contributed by atoms with Crippen LogP contribution in [0.2, 0.25) is 0 Å². The summed E-state index contributed by atoms with van der Waals surface area (Å²) in [5.74, 6) is 0.380. The van der Waals surface area contributed by atoms with E-state index in [4.69, 9.17) is 9.47 Å². The van der Waals surface area contributed by atoms with Crippen LogP contribution in [0, 0.1) is 0 Å². The molecule has 39 heavy (non-hydrogen) atoms. The highest BCUT2D eigenvalue weighted by molar-refractivity contribution is 7.90. The zero-order valence-corrected chi connectivity index (χ0v) is 23.5. The molecule has 3 aromatic carbocycles. The monoisotopic (exact) mass is 574 g/mol. The maximum Gasteiger partial charge on any atom is 0.243 e. The highest BCUT2D eigenvalue weighted by atomic mass is 32.2. The molecule has 2 heterocycles. The first kappa shape index (κ1) is 28.0. The lowest BCUT2D eigenvalue weighted by molar-refractivity contribution is -0.0312. The van der Waals surface area contributed by atoms with E-state index in [-0.39, 0.29) is 23.1 Å². The van der Waals surface area contributed by atoms with Crippen molar-refractivity contribution in [3.8, 4) is 5.75 Å². The number of hydrogen-bond donors (Lipinski definition) is 2. The fraction of sp³-hybridized carbons (Fsp3) is 0.429. The van der Waals surface area contributed by atoms with Gasteiger partial charge in [0.2, 0.25) is 10.0 Å². The zero-order chi connectivity index (χ0) is 27.7. The van der Waals surface area contributed by atoms with E-state index in [1.165, 1.54) is 12.1 Å². The minimum absolute atomic E-state index is 0.0144. The number of aliphatic hydroxyl groups is 1. The summed E-state index contributed by atoms with van der Waals surface area (Å²) in [5.41, 5.74) is -0.374. The Kier molecular flexibility index (Phi) is 8.01. The third kappa shape index (κ3) is 6.45. The molecule has 9 nitrogen and oxygen atoms in total. The summed E-state index contributed by atoms with van der Waals surface area (Å²) in [6.45, 7) is 1.58. The topological polar surface area (TPSA) is 122 Å². The van der Waals surface area contributed by atoms with Gasteiger partial charge in [-0.25, -0.2) is 16.8 Å². The summed E-state index contributed by atoms with van der Waals surface area (Å²) >= 11 is 0. The Bertz CT molecular complexity index is 1530. The van der Waals surface area contributed by atoms with Crippen molar-refractivity contribution in [1.82, 2.24) is 9.62 Å². The second-order valence-electron chi connectivity index (χ2n) is 10.4. The van der Waals surface area contributed by atoms with Crippen LogP contribution in [0.3, 0.4) is 0 Å². The minimum atomic E-state index is -3.59. The molecule has 2 saturated heterocycles. The van der Waals surface area contributed by atoms with Crippen LogP contribution >= 0.6 is 0 Å². The van der Waals surface area contributed by atoms with Gasteiger partial charge in [-0.3, -0.25) is 0 Å². The lowest BCUT2D eigenvalue weighted by Crippen LogP contribution is -2.47. The van der Waals surface area contributed by atoms with E-state index >= 15 is 0 Å². The first-order valence-electron chi connectivity index (χ1n) is 13.0. The molecule has 2 fully saturated rings. The van der Waals surface area contributed by atoms with Crippen molar-refractivity contribution < 1.29 is 31.4 Å². The second-order valence-corrected chi connectivity index (χ2v) is 14.4. The molecular formula is C28H34N2O7S2. The van der Waals surface area contributed by atoms with E-state index in [1.807, 2.05) is 30.3 Å². The van der Waals surface area contributed by atoms with Gasteiger partial charge in [0.25, 0.3) is 0 Å². The fourth-order valence-corrected chi connectivity index (χ4v) is 7.42. The average molecular weight is 575 g/mol. The molecule has 0 saturated carbocycles. The molecule has 0 aromatic heterocycles. The van der Waals surface area contributed by atoms with E-state index in [1.54, 1.807) is 28.6 Å². The van der Waals surface area contributed by atoms with Crippen molar-refractivity contribution in [2.45, 2.75) is 46.8 Å². The van der Waals surface area contributed by atoms with Gasteiger partial charge in [0.05, 0.1) is 22.0 Å². The summed E-state index contributed by atoms with van der Waals surface area (Å²) in [4.78, 5) is 0.473. The Balaban J connectivity index is 1.10. The van der Waals surface area contributed by atoms with Crippen LogP contribution in [0.4, 0.5) is 0 Å². The Morgan fingerprint density at radius 1 is 1.00 bits per heavy atom. The summed E-state index contributed by atoms with van der Waals surface area (Å²) in [6, 6.07) is 19.2. The molecule has 210 valence electrons. The second kappa shape index (κ2) is 11.1. The average Bonchev–Trinajstić information content (AvgIpc) is 3.32. The molecule has 11 heteroatoms. The van der Waals surface area contributed by atoms with Crippen molar-refractivity contribution in [1.29, 1.82) is 0 Å². The minimum Gasteiger partial charge on any atom is -0.491 e.